The number of fused-ring (bicyclic) bond motifs is 2. The Kier molecular flexibility index (Phi) is 9.97. The van der Waals surface area contributed by atoms with Gasteiger partial charge in [0.2, 0.25) is 0 Å². The molecule has 0 unspecified atom stereocenters. The van der Waals surface area contributed by atoms with E-state index >= 15 is 0 Å². The molecule has 51 heavy (non-hydrogen) atoms. The molecule has 0 saturated carbocycles. The number of nitriles is 1. The highest BCUT2D eigenvalue weighted by Gasteiger charge is 2.46. The summed E-state index contributed by atoms with van der Waals surface area (Å²) in [6.45, 7) is 3.46. The second-order valence-corrected chi connectivity index (χ2v) is 12.2. The van der Waals surface area contributed by atoms with E-state index in [4.69, 9.17) is 18.9 Å². The van der Waals surface area contributed by atoms with Crippen molar-refractivity contribution in [3.05, 3.63) is 132 Å². The summed E-state index contributed by atoms with van der Waals surface area (Å²) in [4.78, 5) is 31.4. The van der Waals surface area contributed by atoms with Gasteiger partial charge >= 0.3 is 12.1 Å². The molecule has 0 radical (unpaired) electrons. The zero-order valence-electron chi connectivity index (χ0n) is 27.6. The van der Waals surface area contributed by atoms with E-state index in [1.54, 1.807) is 85.8 Å². The molecule has 1 aliphatic heterocycles. The summed E-state index contributed by atoms with van der Waals surface area (Å²) in [5, 5.41) is 10.6. The van der Waals surface area contributed by atoms with E-state index in [0.717, 1.165) is 15.9 Å². The Labute approximate surface area is 293 Å². The van der Waals surface area contributed by atoms with Gasteiger partial charge in [0.05, 0.1) is 42.1 Å². The Hall–Kier alpha value is -5.87. The van der Waals surface area contributed by atoms with Gasteiger partial charge in [-0.25, -0.2) is 9.79 Å². The van der Waals surface area contributed by atoms with Gasteiger partial charge in [-0.1, -0.05) is 65.9 Å². The lowest BCUT2D eigenvalue weighted by Crippen LogP contribution is -2.41. The summed E-state index contributed by atoms with van der Waals surface area (Å²) >= 11 is 0.755. The summed E-state index contributed by atoms with van der Waals surface area (Å²) in [5.41, 5.74) is -1.11. The molecule has 6 rings (SSSR count). The monoisotopic (exact) mass is 713 g/mol. The maximum atomic E-state index is 14.8. The molecule has 1 atom stereocenters. The number of allylic oxidation sites excluding steroid dienone is 1. The zero-order chi connectivity index (χ0) is 36.3. The highest BCUT2D eigenvalue weighted by atomic mass is 32.1. The maximum absolute atomic E-state index is 14.8. The van der Waals surface area contributed by atoms with Crippen molar-refractivity contribution in [3.8, 4) is 23.3 Å². The number of alkyl halides is 3. The Bertz CT molecular complexity index is 2410. The number of hydrogen-bond acceptors (Lipinski definition) is 9. The van der Waals surface area contributed by atoms with Crippen molar-refractivity contribution >= 4 is 34.2 Å². The lowest BCUT2D eigenvalue weighted by atomic mass is 9.90. The van der Waals surface area contributed by atoms with Crippen LogP contribution in [0.3, 0.4) is 0 Å². The molecule has 1 aliphatic rings. The minimum Gasteiger partial charge on any atom is -0.496 e. The van der Waals surface area contributed by atoms with Crippen LogP contribution >= 0.6 is 11.3 Å². The molecule has 0 amide bonds. The molecule has 0 fully saturated rings. The van der Waals surface area contributed by atoms with Crippen LogP contribution in [0.15, 0.2) is 99.9 Å². The average molecular weight is 714 g/mol. The number of halogens is 3. The SMILES string of the molecule is CCOC(=O)C1=C(C(F)(F)F)N=c2s/c(=C/c3ccc(OCc4ccccc4C#N)c(OCC)c3)c(=O)n2[C@@H]1c1c(OC)ccc2ccccc12. The number of aromatic nitrogens is 1. The summed E-state index contributed by atoms with van der Waals surface area (Å²) in [5.74, 6) is -0.332. The first-order valence-electron chi connectivity index (χ1n) is 15.8. The Morgan fingerprint density at radius 1 is 0.980 bits per heavy atom. The number of nitrogens with zero attached hydrogens (tertiary/aromatic N) is 3. The number of rotatable bonds is 10. The second kappa shape index (κ2) is 14.5. The fourth-order valence-corrected chi connectivity index (χ4v) is 6.91. The van der Waals surface area contributed by atoms with E-state index in [1.165, 1.54) is 20.1 Å². The third kappa shape index (κ3) is 6.82. The van der Waals surface area contributed by atoms with Crippen LogP contribution in [-0.4, -0.2) is 37.0 Å². The third-order valence-corrected chi connectivity index (χ3v) is 9.09. The highest BCUT2D eigenvalue weighted by Crippen LogP contribution is 2.43. The number of methoxy groups -OCH3 is 1. The quantitative estimate of drug-likeness (QED) is 0.155. The van der Waals surface area contributed by atoms with Gasteiger partial charge in [0.25, 0.3) is 5.56 Å². The van der Waals surface area contributed by atoms with Crippen LogP contribution in [-0.2, 0) is 16.1 Å². The summed E-state index contributed by atoms with van der Waals surface area (Å²) in [6.07, 6.45) is -3.55. The normalized spacial score (nSPS) is 14.5. The molecule has 4 aromatic carbocycles. The van der Waals surface area contributed by atoms with Crippen molar-refractivity contribution in [2.24, 2.45) is 4.99 Å². The Morgan fingerprint density at radius 2 is 1.73 bits per heavy atom. The first kappa shape index (κ1) is 35.0. The fourth-order valence-electron chi connectivity index (χ4n) is 5.91. The predicted molar refractivity (Wildman–Crippen MR) is 184 cm³/mol. The van der Waals surface area contributed by atoms with Gasteiger partial charge in [-0.05, 0) is 60.5 Å². The van der Waals surface area contributed by atoms with E-state index in [-0.39, 0.29) is 33.9 Å². The number of carbonyl (C=O) groups excluding carboxylic acids is 1. The largest absolute Gasteiger partial charge is 0.496 e. The van der Waals surface area contributed by atoms with Crippen molar-refractivity contribution in [1.82, 2.24) is 4.57 Å². The number of carbonyl (C=O) groups is 1. The van der Waals surface area contributed by atoms with E-state index in [1.807, 2.05) is 0 Å². The van der Waals surface area contributed by atoms with Gasteiger partial charge in [0.1, 0.15) is 18.4 Å². The summed E-state index contributed by atoms with van der Waals surface area (Å²) in [6, 6.07) is 22.8. The molecule has 0 N–H and O–H groups in total. The highest BCUT2D eigenvalue weighted by molar-refractivity contribution is 7.07. The molecule has 0 bridgehead atoms. The van der Waals surface area contributed by atoms with Gasteiger partial charge in [0, 0.05) is 11.1 Å². The molecular formula is C38H30F3N3O6S. The van der Waals surface area contributed by atoms with Crippen LogP contribution in [0.4, 0.5) is 13.2 Å². The molecule has 0 aliphatic carbocycles. The van der Waals surface area contributed by atoms with E-state index < -0.39 is 35.0 Å². The standard InChI is InChI=1S/C38H30F3N3O6S/c1-4-48-29-18-22(14-16-27(29)50-21-25-12-7-6-11-24(25)20-42)19-30-35(45)44-33(31-26-13-9-8-10-23(26)15-17-28(31)47-3)32(36(46)49-5-2)34(38(39,40)41)43-37(44)51-30/h6-19,33H,4-5,21H2,1-3H3/b30-19+/t33-/m1/s1. The van der Waals surface area contributed by atoms with Crippen LogP contribution in [0.25, 0.3) is 16.8 Å². The predicted octanol–water partition coefficient (Wildman–Crippen LogP) is 6.35. The molecule has 13 heteroatoms. The zero-order valence-corrected chi connectivity index (χ0v) is 28.4. The maximum Gasteiger partial charge on any atom is 0.434 e. The van der Waals surface area contributed by atoms with Gasteiger partial charge in [-0.3, -0.25) is 9.36 Å². The third-order valence-electron chi connectivity index (χ3n) is 8.11. The van der Waals surface area contributed by atoms with Crippen molar-refractivity contribution in [2.75, 3.05) is 20.3 Å². The summed E-state index contributed by atoms with van der Waals surface area (Å²) < 4.78 is 68.1. The first-order chi connectivity index (χ1) is 24.6. The van der Waals surface area contributed by atoms with Crippen LogP contribution in [0.2, 0.25) is 0 Å². The second-order valence-electron chi connectivity index (χ2n) is 11.2. The average Bonchev–Trinajstić information content (AvgIpc) is 3.44. The van der Waals surface area contributed by atoms with Crippen molar-refractivity contribution in [3.63, 3.8) is 0 Å². The topological polar surface area (TPSA) is 112 Å². The Morgan fingerprint density at radius 3 is 2.45 bits per heavy atom. The van der Waals surface area contributed by atoms with Gasteiger partial charge in [0.15, 0.2) is 22.0 Å². The molecule has 5 aromatic rings. The fraction of sp³-hybridized carbons (Fsp3) is 0.211. The molecule has 0 saturated heterocycles. The molecule has 9 nitrogen and oxygen atoms in total. The molecule has 260 valence electrons. The number of hydrogen-bond donors (Lipinski definition) is 0. The molecular weight excluding hydrogens is 683 g/mol. The van der Waals surface area contributed by atoms with Gasteiger partial charge in [-0.15, -0.1) is 0 Å². The lowest BCUT2D eigenvalue weighted by molar-refractivity contribution is -0.140. The number of esters is 1. The Balaban J connectivity index is 1.54. The number of thiazole rings is 1. The number of benzene rings is 4. The van der Waals surface area contributed by atoms with Crippen LogP contribution in [0, 0.1) is 11.3 Å². The summed E-state index contributed by atoms with van der Waals surface area (Å²) in [7, 11) is 1.36. The molecule has 1 aromatic heterocycles. The minimum atomic E-state index is -5.07. The van der Waals surface area contributed by atoms with E-state index in [9.17, 15) is 28.0 Å². The van der Waals surface area contributed by atoms with Crippen LogP contribution < -0.4 is 29.1 Å². The lowest BCUT2D eigenvalue weighted by Gasteiger charge is -2.28. The van der Waals surface area contributed by atoms with E-state index in [2.05, 4.69) is 11.1 Å². The van der Waals surface area contributed by atoms with Crippen LogP contribution in [0.5, 0.6) is 17.2 Å². The van der Waals surface area contributed by atoms with Crippen molar-refractivity contribution in [2.45, 2.75) is 32.7 Å². The van der Waals surface area contributed by atoms with E-state index in [0.29, 0.717) is 45.6 Å². The van der Waals surface area contributed by atoms with Gasteiger partial charge in [-0.2, -0.15) is 18.4 Å². The van der Waals surface area contributed by atoms with Crippen molar-refractivity contribution in [1.29, 1.82) is 5.26 Å². The number of ether oxygens (including phenoxy) is 4. The molecule has 2 heterocycles. The van der Waals surface area contributed by atoms with Crippen LogP contribution in [0.1, 0.15) is 42.1 Å². The smallest absolute Gasteiger partial charge is 0.434 e. The minimum absolute atomic E-state index is 0.0589. The van der Waals surface area contributed by atoms with Gasteiger partial charge < -0.3 is 18.9 Å². The molecule has 0 spiro atoms. The first-order valence-corrected chi connectivity index (χ1v) is 16.6. The van der Waals surface area contributed by atoms with Crippen molar-refractivity contribution < 1.29 is 36.9 Å².